The first-order chi connectivity index (χ1) is 12.5. The number of alkyl carbamates (subject to hydrolysis) is 1. The van der Waals surface area contributed by atoms with Crippen LogP contribution >= 0.6 is 0 Å². The molecule has 142 valence electrons. The molecular formula is C17H21NO8. The van der Waals surface area contributed by atoms with E-state index >= 15 is 0 Å². The molecule has 0 saturated carbocycles. The molecule has 0 aliphatic heterocycles. The molecule has 26 heavy (non-hydrogen) atoms. The van der Waals surface area contributed by atoms with Crippen molar-refractivity contribution in [2.75, 3.05) is 19.8 Å². The highest BCUT2D eigenvalue weighted by Crippen LogP contribution is 2.02. The van der Waals surface area contributed by atoms with E-state index in [0.29, 0.717) is 0 Å². The van der Waals surface area contributed by atoms with Crippen LogP contribution in [-0.2, 0) is 39.9 Å². The van der Waals surface area contributed by atoms with Crippen LogP contribution in [0.4, 0.5) is 4.79 Å². The maximum absolute atomic E-state index is 11.7. The minimum Gasteiger partial charge on any atom is -0.463 e. The molecule has 1 aromatic rings. The first-order valence-electron chi connectivity index (χ1n) is 7.95. The number of hydrogen-bond donors (Lipinski definition) is 1. The van der Waals surface area contributed by atoms with Gasteiger partial charge in [0.15, 0.2) is 0 Å². The zero-order chi connectivity index (χ0) is 19.4. The van der Waals surface area contributed by atoms with Crippen molar-refractivity contribution in [3.05, 3.63) is 35.9 Å². The molecule has 0 aliphatic rings. The van der Waals surface area contributed by atoms with E-state index in [4.69, 9.17) is 9.47 Å². The van der Waals surface area contributed by atoms with E-state index in [-0.39, 0.29) is 19.8 Å². The second-order valence-electron chi connectivity index (χ2n) is 4.79. The third kappa shape index (κ3) is 7.65. The Kier molecular flexibility index (Phi) is 9.23. The van der Waals surface area contributed by atoms with Crippen molar-refractivity contribution in [2.24, 2.45) is 0 Å². The van der Waals surface area contributed by atoms with E-state index in [1.54, 1.807) is 24.3 Å². The number of benzene rings is 1. The fourth-order valence-electron chi connectivity index (χ4n) is 1.72. The average molecular weight is 367 g/mol. The topological polar surface area (TPSA) is 117 Å². The van der Waals surface area contributed by atoms with Gasteiger partial charge in [-0.15, -0.1) is 0 Å². The molecule has 0 radical (unpaired) electrons. The van der Waals surface area contributed by atoms with Gasteiger partial charge in [-0.05, 0) is 19.4 Å². The van der Waals surface area contributed by atoms with Crippen LogP contribution in [0.15, 0.2) is 30.3 Å². The Balaban J connectivity index is 2.44. The molecule has 1 N–H and O–H groups in total. The van der Waals surface area contributed by atoms with E-state index in [0.717, 1.165) is 5.56 Å². The van der Waals surface area contributed by atoms with Gasteiger partial charge in [0.1, 0.15) is 13.2 Å². The molecule has 0 bridgehead atoms. The molecule has 0 unspecified atom stereocenters. The number of rotatable bonds is 9. The van der Waals surface area contributed by atoms with Crippen LogP contribution in [0.5, 0.6) is 0 Å². The lowest BCUT2D eigenvalue weighted by Gasteiger charge is -2.15. The minimum atomic E-state index is -1.84. The molecular weight excluding hydrogens is 346 g/mol. The number of carbonyl (C=O) groups is 4. The Hall–Kier alpha value is -3.10. The summed E-state index contributed by atoms with van der Waals surface area (Å²) in [5.41, 5.74) is 0.773. The summed E-state index contributed by atoms with van der Waals surface area (Å²) in [6.45, 7) is 2.49. The van der Waals surface area contributed by atoms with E-state index < -0.39 is 36.6 Å². The molecule has 9 nitrogen and oxygen atoms in total. The number of hydrogen-bond acceptors (Lipinski definition) is 8. The highest BCUT2D eigenvalue weighted by atomic mass is 16.6. The number of ether oxygens (including phenoxy) is 4. The lowest BCUT2D eigenvalue weighted by Crippen LogP contribution is -2.41. The van der Waals surface area contributed by atoms with Crippen LogP contribution in [0.3, 0.4) is 0 Å². The molecule has 0 aliphatic carbocycles. The Morgan fingerprint density at radius 1 is 0.923 bits per heavy atom. The molecule has 0 atom stereocenters. The van der Waals surface area contributed by atoms with Gasteiger partial charge in [0, 0.05) is 0 Å². The molecule has 1 amide bonds. The average Bonchev–Trinajstić information content (AvgIpc) is 2.63. The van der Waals surface area contributed by atoms with E-state index in [9.17, 15) is 19.2 Å². The maximum Gasteiger partial charge on any atom is 0.407 e. The number of nitrogens with one attached hydrogen (secondary N) is 1. The Bertz CT molecular complexity index is 598. The van der Waals surface area contributed by atoms with Gasteiger partial charge >= 0.3 is 24.0 Å². The largest absolute Gasteiger partial charge is 0.463 e. The van der Waals surface area contributed by atoms with Crippen molar-refractivity contribution in [1.29, 1.82) is 0 Å². The zero-order valence-electron chi connectivity index (χ0n) is 14.6. The third-order valence-corrected chi connectivity index (χ3v) is 2.84. The summed E-state index contributed by atoms with van der Waals surface area (Å²) < 4.78 is 19.0. The number of carbonyl (C=O) groups excluding carboxylic acids is 4. The molecule has 9 heteroatoms. The Morgan fingerprint density at radius 2 is 1.50 bits per heavy atom. The SMILES string of the molecule is CCOC(=O)C(OC(=O)CNC(=O)OCc1ccccc1)C(=O)OCC. The fourth-order valence-corrected chi connectivity index (χ4v) is 1.72. The molecule has 0 saturated heterocycles. The monoisotopic (exact) mass is 367 g/mol. The van der Waals surface area contributed by atoms with Crippen LogP contribution < -0.4 is 5.32 Å². The van der Waals surface area contributed by atoms with Crippen LogP contribution in [0.1, 0.15) is 19.4 Å². The van der Waals surface area contributed by atoms with Crippen molar-refractivity contribution < 1.29 is 38.1 Å². The Morgan fingerprint density at radius 3 is 2.04 bits per heavy atom. The standard InChI is InChI=1S/C17H21NO8/c1-3-23-15(20)14(16(21)24-4-2)26-13(19)10-18-17(22)25-11-12-8-6-5-7-9-12/h5-9,14H,3-4,10-11H2,1-2H3,(H,18,22). The van der Waals surface area contributed by atoms with Gasteiger partial charge in [-0.3, -0.25) is 4.79 Å². The highest BCUT2D eigenvalue weighted by molar-refractivity contribution is 6.00. The molecule has 0 spiro atoms. The third-order valence-electron chi connectivity index (χ3n) is 2.84. The second kappa shape index (κ2) is 11.5. The van der Waals surface area contributed by atoms with Crippen molar-refractivity contribution in [3.63, 3.8) is 0 Å². The van der Waals surface area contributed by atoms with Crippen LogP contribution in [0, 0.1) is 0 Å². The first kappa shape index (κ1) is 20.9. The quantitative estimate of drug-likeness (QED) is 0.389. The minimum absolute atomic E-state index is 0.00362. The normalized spacial score (nSPS) is 9.96. The summed E-state index contributed by atoms with van der Waals surface area (Å²) >= 11 is 0. The predicted octanol–water partition coefficient (Wildman–Crippen LogP) is 0.951. The van der Waals surface area contributed by atoms with E-state index in [1.165, 1.54) is 13.8 Å². The van der Waals surface area contributed by atoms with Gasteiger partial charge in [0.2, 0.25) is 0 Å². The fraction of sp³-hybridized carbons (Fsp3) is 0.412. The predicted molar refractivity (Wildman–Crippen MR) is 87.8 cm³/mol. The highest BCUT2D eigenvalue weighted by Gasteiger charge is 2.33. The van der Waals surface area contributed by atoms with Gasteiger partial charge in [0.05, 0.1) is 13.2 Å². The molecule has 1 rings (SSSR count). The molecule has 1 aromatic carbocycles. The smallest absolute Gasteiger partial charge is 0.407 e. The maximum atomic E-state index is 11.7. The zero-order valence-corrected chi connectivity index (χ0v) is 14.6. The van der Waals surface area contributed by atoms with Crippen LogP contribution in [0.25, 0.3) is 0 Å². The summed E-state index contributed by atoms with van der Waals surface area (Å²) in [5.74, 6) is -3.12. The Labute approximate surface area is 150 Å². The summed E-state index contributed by atoms with van der Waals surface area (Å²) in [5, 5.41) is 2.16. The number of amides is 1. The van der Waals surface area contributed by atoms with Crippen molar-refractivity contribution in [1.82, 2.24) is 5.32 Å². The second-order valence-corrected chi connectivity index (χ2v) is 4.79. The van der Waals surface area contributed by atoms with Gasteiger partial charge in [-0.1, -0.05) is 30.3 Å². The molecule has 0 fully saturated rings. The van der Waals surface area contributed by atoms with Crippen LogP contribution in [-0.4, -0.2) is 49.9 Å². The summed E-state index contributed by atoms with van der Waals surface area (Å²) in [4.78, 5) is 46.7. The lowest BCUT2D eigenvalue weighted by molar-refractivity contribution is -0.179. The van der Waals surface area contributed by atoms with E-state index in [2.05, 4.69) is 14.8 Å². The van der Waals surface area contributed by atoms with Gasteiger partial charge in [-0.2, -0.15) is 0 Å². The first-order valence-corrected chi connectivity index (χ1v) is 7.95. The van der Waals surface area contributed by atoms with Crippen molar-refractivity contribution in [2.45, 2.75) is 26.6 Å². The van der Waals surface area contributed by atoms with Gasteiger partial charge in [-0.25, -0.2) is 14.4 Å². The van der Waals surface area contributed by atoms with Crippen molar-refractivity contribution >= 4 is 24.0 Å². The summed E-state index contributed by atoms with van der Waals surface area (Å²) in [6.07, 6.45) is -2.70. The van der Waals surface area contributed by atoms with Gasteiger partial charge in [0.25, 0.3) is 6.10 Å². The van der Waals surface area contributed by atoms with Crippen LogP contribution in [0.2, 0.25) is 0 Å². The summed E-state index contributed by atoms with van der Waals surface area (Å²) in [6, 6.07) is 8.94. The molecule has 0 aromatic heterocycles. The lowest BCUT2D eigenvalue weighted by atomic mass is 10.2. The van der Waals surface area contributed by atoms with E-state index in [1.807, 2.05) is 6.07 Å². The summed E-state index contributed by atoms with van der Waals surface area (Å²) in [7, 11) is 0. The molecule has 0 heterocycles. The number of esters is 3. The van der Waals surface area contributed by atoms with Gasteiger partial charge < -0.3 is 24.3 Å². The van der Waals surface area contributed by atoms with Crippen molar-refractivity contribution in [3.8, 4) is 0 Å².